The van der Waals surface area contributed by atoms with Crippen LogP contribution in [0.2, 0.25) is 0 Å². The van der Waals surface area contributed by atoms with Crippen LogP contribution >= 0.6 is 11.3 Å². The first-order chi connectivity index (χ1) is 10.3. The van der Waals surface area contributed by atoms with Gasteiger partial charge in [0.05, 0.1) is 0 Å². The van der Waals surface area contributed by atoms with Gasteiger partial charge in [-0.25, -0.2) is 0 Å². The molecule has 1 aromatic heterocycles. The first-order valence-corrected chi connectivity index (χ1v) is 7.65. The third kappa shape index (κ3) is 2.05. The molecule has 3 aromatic carbocycles. The van der Waals surface area contributed by atoms with Crippen molar-refractivity contribution in [1.29, 1.82) is 0 Å². The predicted molar refractivity (Wildman–Crippen MR) is 91.0 cm³/mol. The molecule has 2 heteroatoms. The van der Waals surface area contributed by atoms with Crippen LogP contribution in [0.3, 0.4) is 0 Å². The van der Waals surface area contributed by atoms with E-state index in [0.717, 1.165) is 31.3 Å². The van der Waals surface area contributed by atoms with Crippen LogP contribution in [0.25, 0.3) is 31.3 Å². The Morgan fingerprint density at radius 1 is 0.762 bits per heavy atom. The number of fused-ring (bicyclic) bond motifs is 3. The summed E-state index contributed by atoms with van der Waals surface area (Å²) < 4.78 is 1.04. The Bertz CT molecular complexity index is 1000. The van der Waals surface area contributed by atoms with E-state index in [4.69, 9.17) is 0 Å². The van der Waals surface area contributed by atoms with Gasteiger partial charge in [0.25, 0.3) is 0 Å². The van der Waals surface area contributed by atoms with E-state index in [9.17, 15) is 4.79 Å². The minimum absolute atomic E-state index is 0.0967. The molecule has 4 rings (SSSR count). The summed E-state index contributed by atoms with van der Waals surface area (Å²) in [6.45, 7) is 0. The fourth-order valence-corrected chi connectivity index (χ4v) is 3.78. The minimum atomic E-state index is 0.0967. The van der Waals surface area contributed by atoms with Crippen molar-refractivity contribution in [2.45, 2.75) is 0 Å². The normalized spacial score (nSPS) is 11.0. The molecule has 0 aliphatic heterocycles. The van der Waals surface area contributed by atoms with Crippen LogP contribution in [0.5, 0.6) is 0 Å². The molecule has 21 heavy (non-hydrogen) atoms. The van der Waals surface area contributed by atoms with Gasteiger partial charge in [-0.15, -0.1) is 11.3 Å². The van der Waals surface area contributed by atoms with E-state index < -0.39 is 0 Å². The lowest BCUT2D eigenvalue weighted by Crippen LogP contribution is -1.99. The van der Waals surface area contributed by atoms with E-state index >= 15 is 0 Å². The predicted octanol–water partition coefficient (Wildman–Crippen LogP) is 5.08. The number of hydrogen-bond donors (Lipinski definition) is 0. The molecular formula is C19H12OS. The highest BCUT2D eigenvalue weighted by atomic mass is 32.1. The second kappa shape index (κ2) is 4.83. The molecule has 0 saturated carbocycles. The average Bonchev–Trinajstić information content (AvgIpc) is 2.55. The smallest absolute Gasteiger partial charge is 0.189 e. The third-order valence-corrected chi connectivity index (χ3v) is 4.81. The van der Waals surface area contributed by atoms with Gasteiger partial charge in [-0.1, -0.05) is 60.7 Å². The lowest BCUT2D eigenvalue weighted by molar-refractivity contribution is 1.67. The summed E-state index contributed by atoms with van der Waals surface area (Å²) in [5, 5.41) is 2.98. The molecule has 0 aliphatic rings. The van der Waals surface area contributed by atoms with Crippen LogP contribution in [0.4, 0.5) is 0 Å². The topological polar surface area (TPSA) is 17.1 Å². The number of hydrogen-bond acceptors (Lipinski definition) is 2. The summed E-state index contributed by atoms with van der Waals surface area (Å²) in [6.07, 6.45) is 0. The van der Waals surface area contributed by atoms with E-state index in [2.05, 4.69) is 12.1 Å². The zero-order valence-corrected chi connectivity index (χ0v) is 12.1. The average molecular weight is 288 g/mol. The standard InChI is InChI=1S/C19H12OS/c20-16-12-18(14-7-2-1-3-8-14)21-17-11-10-13-6-4-5-9-15(13)19(16)17/h1-12H. The first-order valence-electron chi connectivity index (χ1n) is 6.84. The highest BCUT2D eigenvalue weighted by Gasteiger charge is 2.08. The molecule has 0 bridgehead atoms. The van der Waals surface area contributed by atoms with E-state index in [0.29, 0.717) is 0 Å². The Kier molecular flexibility index (Phi) is 2.83. The van der Waals surface area contributed by atoms with Crippen molar-refractivity contribution in [2.75, 3.05) is 0 Å². The van der Waals surface area contributed by atoms with Gasteiger partial charge in [-0.2, -0.15) is 0 Å². The molecule has 0 aliphatic carbocycles. The molecule has 0 unspecified atom stereocenters. The van der Waals surface area contributed by atoms with Crippen molar-refractivity contribution in [3.05, 3.63) is 83.0 Å². The molecule has 0 spiro atoms. The van der Waals surface area contributed by atoms with Crippen molar-refractivity contribution in [3.63, 3.8) is 0 Å². The summed E-state index contributed by atoms with van der Waals surface area (Å²) in [4.78, 5) is 13.6. The summed E-state index contributed by atoms with van der Waals surface area (Å²) >= 11 is 1.67. The monoisotopic (exact) mass is 288 g/mol. The number of rotatable bonds is 1. The van der Waals surface area contributed by atoms with E-state index in [-0.39, 0.29) is 5.43 Å². The molecule has 0 amide bonds. The van der Waals surface area contributed by atoms with E-state index in [1.165, 1.54) is 0 Å². The molecule has 0 fully saturated rings. The molecule has 4 aromatic rings. The van der Waals surface area contributed by atoms with Gasteiger partial charge in [-0.3, -0.25) is 4.79 Å². The van der Waals surface area contributed by atoms with Crippen molar-refractivity contribution in [3.8, 4) is 10.4 Å². The van der Waals surface area contributed by atoms with Gasteiger partial charge in [0.1, 0.15) is 0 Å². The largest absolute Gasteiger partial charge is 0.289 e. The van der Waals surface area contributed by atoms with Gasteiger partial charge in [0.2, 0.25) is 0 Å². The molecule has 0 saturated heterocycles. The maximum absolute atomic E-state index is 12.6. The Hall–Kier alpha value is -2.45. The minimum Gasteiger partial charge on any atom is -0.289 e. The summed E-state index contributed by atoms with van der Waals surface area (Å²) in [5.41, 5.74) is 1.19. The first kappa shape index (κ1) is 12.3. The van der Waals surface area contributed by atoms with Crippen LogP contribution in [0.15, 0.2) is 77.6 Å². The lowest BCUT2D eigenvalue weighted by atomic mass is 10.1. The Morgan fingerprint density at radius 2 is 1.52 bits per heavy atom. The maximum atomic E-state index is 12.6. The second-order valence-corrected chi connectivity index (χ2v) is 6.08. The highest BCUT2D eigenvalue weighted by Crippen LogP contribution is 2.31. The molecule has 1 nitrogen and oxygen atoms in total. The van der Waals surface area contributed by atoms with Gasteiger partial charge < -0.3 is 0 Å². The van der Waals surface area contributed by atoms with Crippen molar-refractivity contribution >= 4 is 32.2 Å². The zero-order valence-electron chi connectivity index (χ0n) is 11.2. The quantitative estimate of drug-likeness (QED) is 0.446. The van der Waals surface area contributed by atoms with Gasteiger partial charge in [0.15, 0.2) is 5.43 Å². The maximum Gasteiger partial charge on any atom is 0.189 e. The fraction of sp³-hybridized carbons (Fsp3) is 0. The van der Waals surface area contributed by atoms with E-state index in [1.54, 1.807) is 17.4 Å². The molecule has 0 atom stereocenters. The van der Waals surface area contributed by atoms with Crippen molar-refractivity contribution in [2.24, 2.45) is 0 Å². The third-order valence-electron chi connectivity index (χ3n) is 3.68. The molecule has 100 valence electrons. The SMILES string of the molecule is O=c1cc(-c2ccccc2)sc2ccc3ccccc3c12. The van der Waals surface area contributed by atoms with Gasteiger partial charge in [-0.05, 0) is 22.4 Å². The second-order valence-electron chi connectivity index (χ2n) is 5.00. The Balaban J connectivity index is 2.09. The Labute approximate surface area is 126 Å². The summed E-state index contributed by atoms with van der Waals surface area (Å²) in [5.74, 6) is 0. The molecule has 0 radical (unpaired) electrons. The van der Waals surface area contributed by atoms with Gasteiger partial charge in [0, 0.05) is 21.0 Å². The lowest BCUT2D eigenvalue weighted by Gasteiger charge is -2.05. The molecule has 1 heterocycles. The van der Waals surface area contributed by atoms with Crippen molar-refractivity contribution < 1.29 is 0 Å². The van der Waals surface area contributed by atoms with Crippen LogP contribution < -0.4 is 5.43 Å². The Morgan fingerprint density at radius 3 is 2.38 bits per heavy atom. The molecular weight excluding hydrogens is 276 g/mol. The van der Waals surface area contributed by atoms with Crippen molar-refractivity contribution in [1.82, 2.24) is 0 Å². The van der Waals surface area contributed by atoms with Crippen LogP contribution in [0, 0.1) is 0 Å². The fourth-order valence-electron chi connectivity index (χ4n) is 2.67. The summed E-state index contributed by atoms with van der Waals surface area (Å²) in [7, 11) is 0. The van der Waals surface area contributed by atoms with Crippen LogP contribution in [-0.4, -0.2) is 0 Å². The van der Waals surface area contributed by atoms with Crippen LogP contribution in [-0.2, 0) is 0 Å². The zero-order chi connectivity index (χ0) is 14.2. The molecule has 0 N–H and O–H groups in total. The number of benzene rings is 3. The van der Waals surface area contributed by atoms with Gasteiger partial charge >= 0.3 is 0 Å². The van der Waals surface area contributed by atoms with Crippen LogP contribution in [0.1, 0.15) is 0 Å². The van der Waals surface area contributed by atoms with E-state index in [1.807, 2.05) is 54.6 Å². The summed E-state index contributed by atoms with van der Waals surface area (Å²) in [6, 6.07) is 24.0. The highest BCUT2D eigenvalue weighted by molar-refractivity contribution is 7.21.